The third-order valence-electron chi connectivity index (χ3n) is 13.7. The van der Waals surface area contributed by atoms with E-state index in [9.17, 15) is 0 Å². The number of aromatic nitrogens is 1. The summed E-state index contributed by atoms with van der Waals surface area (Å²) in [7, 11) is 0. The molecule has 0 spiro atoms. The Kier molecular flexibility index (Phi) is 10.2. The summed E-state index contributed by atoms with van der Waals surface area (Å²) >= 11 is 0. The highest BCUT2D eigenvalue weighted by Gasteiger charge is 2.22. The quantitative estimate of drug-likeness (QED) is 0.145. The second-order valence-corrected chi connectivity index (χ2v) is 17.9. The molecule has 328 valence electrons. The summed E-state index contributed by atoms with van der Waals surface area (Å²) in [5.41, 5.74) is 17.1. The third-order valence-corrected chi connectivity index (χ3v) is 13.7. The van der Waals surface area contributed by atoms with E-state index in [0.717, 1.165) is 88.8 Å². The second-order valence-electron chi connectivity index (χ2n) is 17.9. The minimum atomic E-state index is 0.605. The molecule has 3 heteroatoms. The monoisotopic (exact) mass is 892 g/mol. The van der Waals surface area contributed by atoms with Crippen LogP contribution in [0.15, 0.2) is 271 Å². The Morgan fingerprint density at radius 3 is 1.60 bits per heavy atom. The zero-order chi connectivity index (χ0) is 46.4. The lowest BCUT2D eigenvalue weighted by Crippen LogP contribution is -2.11. The van der Waals surface area contributed by atoms with Crippen LogP contribution in [0.5, 0.6) is 0 Å². The van der Waals surface area contributed by atoms with Gasteiger partial charge in [-0.15, -0.1) is 0 Å². The molecular formula is C67H44N2O. The van der Waals surface area contributed by atoms with Gasteiger partial charge in [-0.05, 0) is 143 Å². The zero-order valence-electron chi connectivity index (χ0n) is 38.2. The molecule has 0 N–H and O–H groups in total. The smallest absolute Gasteiger partial charge is 0.227 e. The predicted octanol–water partition coefficient (Wildman–Crippen LogP) is 18.8. The summed E-state index contributed by atoms with van der Waals surface area (Å²) in [5.74, 6) is 0.605. The number of benzene rings is 12. The Hall–Kier alpha value is -9.31. The number of hydrogen-bond donors (Lipinski definition) is 0. The molecule has 12 aromatic carbocycles. The van der Waals surface area contributed by atoms with Gasteiger partial charge in [0, 0.05) is 28.0 Å². The maximum atomic E-state index is 6.76. The molecule has 0 saturated heterocycles. The topological polar surface area (TPSA) is 29.3 Å². The average molecular weight is 893 g/mol. The maximum Gasteiger partial charge on any atom is 0.227 e. The van der Waals surface area contributed by atoms with E-state index in [-0.39, 0.29) is 0 Å². The molecule has 3 nitrogen and oxygen atoms in total. The van der Waals surface area contributed by atoms with Crippen molar-refractivity contribution in [2.24, 2.45) is 0 Å². The van der Waals surface area contributed by atoms with Gasteiger partial charge in [-0.3, -0.25) is 0 Å². The first-order chi connectivity index (χ1) is 34.7. The Morgan fingerprint density at radius 1 is 0.271 bits per heavy atom. The lowest BCUT2D eigenvalue weighted by molar-refractivity contribution is 0.620. The van der Waals surface area contributed by atoms with Crippen molar-refractivity contribution in [3.63, 3.8) is 0 Å². The van der Waals surface area contributed by atoms with Gasteiger partial charge in [0.2, 0.25) is 5.89 Å². The van der Waals surface area contributed by atoms with E-state index in [1.807, 2.05) is 0 Å². The lowest BCUT2D eigenvalue weighted by atomic mass is 9.90. The highest BCUT2D eigenvalue weighted by atomic mass is 16.3. The van der Waals surface area contributed by atoms with Crippen LogP contribution in [0.3, 0.4) is 0 Å². The van der Waals surface area contributed by atoms with Gasteiger partial charge in [-0.1, -0.05) is 206 Å². The summed E-state index contributed by atoms with van der Waals surface area (Å²) < 4.78 is 6.76. The number of oxazole rings is 1. The van der Waals surface area contributed by atoms with E-state index in [0.29, 0.717) is 5.89 Å². The molecule has 13 rings (SSSR count). The van der Waals surface area contributed by atoms with Crippen LogP contribution in [0.25, 0.3) is 111 Å². The van der Waals surface area contributed by atoms with E-state index in [4.69, 9.17) is 9.40 Å². The summed E-state index contributed by atoms with van der Waals surface area (Å²) in [6.45, 7) is 0. The van der Waals surface area contributed by atoms with Crippen molar-refractivity contribution < 1.29 is 4.42 Å². The van der Waals surface area contributed by atoms with Gasteiger partial charge in [-0.2, -0.15) is 0 Å². The molecule has 1 heterocycles. The number of hydrogen-bond acceptors (Lipinski definition) is 3. The fourth-order valence-corrected chi connectivity index (χ4v) is 10.2. The fraction of sp³-hybridized carbons (Fsp3) is 0. The van der Waals surface area contributed by atoms with Crippen LogP contribution < -0.4 is 4.90 Å². The standard InChI is InChI=1S/C67H44N2O/c1-4-17-45(18-5-1)48-33-35-55(36-34-48)69(56-37-38-61(63(43-56)50-22-8-3-9-23-50)59-30-16-26-49-24-12-13-27-58(49)59)57-41-53(46-19-6-2-7-20-46)40-54(42-57)64-44-65-66(62-29-15-14-28-60(62)64)68-67(70-65)52-32-31-47-21-10-11-25-51(47)39-52/h1-44H. The molecule has 70 heavy (non-hydrogen) atoms. The Balaban J connectivity index is 1.04. The molecule has 0 aliphatic heterocycles. The Morgan fingerprint density at radius 2 is 0.843 bits per heavy atom. The first-order valence-corrected chi connectivity index (χ1v) is 23.8. The van der Waals surface area contributed by atoms with Crippen LogP contribution >= 0.6 is 0 Å². The molecular weight excluding hydrogens is 849 g/mol. The van der Waals surface area contributed by atoms with Crippen molar-refractivity contribution >= 4 is 60.5 Å². The lowest BCUT2D eigenvalue weighted by Gasteiger charge is -2.28. The summed E-state index contributed by atoms with van der Waals surface area (Å²) in [4.78, 5) is 7.59. The second kappa shape index (κ2) is 17.4. The normalized spacial score (nSPS) is 11.4. The van der Waals surface area contributed by atoms with Gasteiger partial charge < -0.3 is 9.32 Å². The zero-order valence-corrected chi connectivity index (χ0v) is 38.2. The first kappa shape index (κ1) is 40.9. The number of nitrogens with zero attached hydrogens (tertiary/aromatic N) is 2. The average Bonchev–Trinajstić information content (AvgIpc) is 3.88. The van der Waals surface area contributed by atoms with Crippen molar-refractivity contribution in [3.8, 4) is 67.1 Å². The van der Waals surface area contributed by atoms with Crippen LogP contribution in [-0.2, 0) is 0 Å². The molecule has 0 amide bonds. The molecule has 1 aromatic heterocycles. The van der Waals surface area contributed by atoms with E-state index in [1.54, 1.807) is 0 Å². The highest BCUT2D eigenvalue weighted by Crippen LogP contribution is 2.46. The van der Waals surface area contributed by atoms with Crippen LogP contribution in [0.2, 0.25) is 0 Å². The van der Waals surface area contributed by atoms with E-state index in [2.05, 4.69) is 272 Å². The summed E-state index contributed by atoms with van der Waals surface area (Å²) in [6, 6.07) is 95.9. The first-order valence-electron chi connectivity index (χ1n) is 23.8. The SMILES string of the molecule is c1ccc(-c2ccc(N(c3cc(-c4ccccc4)cc(-c4cc5oc(-c6ccc7ccccc7c6)nc5c5ccccc45)c3)c3ccc(-c4cccc5ccccc45)c(-c4ccccc4)c3)cc2)cc1. The summed E-state index contributed by atoms with van der Waals surface area (Å²) in [5, 5.41) is 6.92. The van der Waals surface area contributed by atoms with Gasteiger partial charge in [-0.25, -0.2) is 4.98 Å². The van der Waals surface area contributed by atoms with Crippen molar-refractivity contribution in [1.82, 2.24) is 4.98 Å². The van der Waals surface area contributed by atoms with E-state index in [1.165, 1.54) is 32.8 Å². The number of anilines is 3. The van der Waals surface area contributed by atoms with Crippen molar-refractivity contribution in [1.29, 1.82) is 0 Å². The van der Waals surface area contributed by atoms with Gasteiger partial charge in [0.05, 0.1) is 0 Å². The maximum absolute atomic E-state index is 6.76. The molecule has 13 aromatic rings. The minimum Gasteiger partial charge on any atom is -0.436 e. The van der Waals surface area contributed by atoms with Crippen LogP contribution in [-0.4, -0.2) is 4.98 Å². The Labute approximate surface area is 406 Å². The Bertz CT molecular complexity index is 4040. The predicted molar refractivity (Wildman–Crippen MR) is 294 cm³/mol. The molecule has 0 unspecified atom stereocenters. The van der Waals surface area contributed by atoms with E-state index >= 15 is 0 Å². The number of rotatable bonds is 9. The van der Waals surface area contributed by atoms with Gasteiger partial charge in [0.1, 0.15) is 5.52 Å². The fourth-order valence-electron chi connectivity index (χ4n) is 10.2. The van der Waals surface area contributed by atoms with E-state index < -0.39 is 0 Å². The minimum absolute atomic E-state index is 0.605. The van der Waals surface area contributed by atoms with Gasteiger partial charge in [0.15, 0.2) is 5.58 Å². The summed E-state index contributed by atoms with van der Waals surface area (Å²) in [6.07, 6.45) is 0. The van der Waals surface area contributed by atoms with Gasteiger partial charge in [0.25, 0.3) is 0 Å². The molecule has 0 saturated carbocycles. The molecule has 0 aliphatic carbocycles. The number of fused-ring (bicyclic) bond motifs is 5. The highest BCUT2D eigenvalue weighted by molar-refractivity contribution is 6.12. The van der Waals surface area contributed by atoms with Crippen molar-refractivity contribution in [2.75, 3.05) is 4.90 Å². The van der Waals surface area contributed by atoms with Gasteiger partial charge >= 0.3 is 0 Å². The molecule has 0 fully saturated rings. The molecule has 0 atom stereocenters. The van der Waals surface area contributed by atoms with Crippen LogP contribution in [0.1, 0.15) is 0 Å². The van der Waals surface area contributed by atoms with Crippen LogP contribution in [0, 0.1) is 0 Å². The third kappa shape index (κ3) is 7.47. The molecule has 0 aliphatic rings. The molecule has 0 bridgehead atoms. The van der Waals surface area contributed by atoms with Crippen molar-refractivity contribution in [2.45, 2.75) is 0 Å². The largest absolute Gasteiger partial charge is 0.436 e. The van der Waals surface area contributed by atoms with Crippen molar-refractivity contribution in [3.05, 3.63) is 267 Å². The van der Waals surface area contributed by atoms with Crippen LogP contribution in [0.4, 0.5) is 17.1 Å². The molecule has 0 radical (unpaired) electrons.